The minimum absolute atomic E-state index is 0.0407. The molecule has 1 heterocycles. The van der Waals surface area contributed by atoms with Crippen molar-refractivity contribution >= 4 is 17.9 Å². The fourth-order valence-electron chi connectivity index (χ4n) is 2.61. The molecule has 0 atom stereocenters. The van der Waals surface area contributed by atoms with Crippen LogP contribution in [0.15, 0.2) is 30.3 Å². The zero-order valence-electron chi connectivity index (χ0n) is 13.4. The second-order valence-corrected chi connectivity index (χ2v) is 5.64. The van der Waals surface area contributed by atoms with Crippen molar-refractivity contribution in [3.8, 4) is 6.07 Å². The Morgan fingerprint density at radius 2 is 1.96 bits per heavy atom. The molecule has 0 aromatic heterocycles. The summed E-state index contributed by atoms with van der Waals surface area (Å²) in [7, 11) is 0. The van der Waals surface area contributed by atoms with Gasteiger partial charge in [0.25, 0.3) is 0 Å². The average molecular weight is 311 g/mol. The molecule has 0 bridgehead atoms. The van der Waals surface area contributed by atoms with E-state index in [-0.39, 0.29) is 18.2 Å². The molecule has 2 amide bonds. The molecule has 1 aromatic carbocycles. The summed E-state index contributed by atoms with van der Waals surface area (Å²) in [6, 6.07) is 9.84. The van der Waals surface area contributed by atoms with Crippen LogP contribution in [0.5, 0.6) is 0 Å². The number of hydrogen-bond acceptors (Lipinski definition) is 3. The Hall–Kier alpha value is -2.61. The molecule has 1 saturated heterocycles. The van der Waals surface area contributed by atoms with E-state index in [0.29, 0.717) is 26.2 Å². The van der Waals surface area contributed by atoms with E-state index in [1.807, 2.05) is 43.3 Å². The molecule has 0 unspecified atom stereocenters. The van der Waals surface area contributed by atoms with Crippen molar-refractivity contribution in [2.24, 2.45) is 0 Å². The Kier molecular flexibility index (Phi) is 5.93. The molecule has 0 radical (unpaired) electrons. The summed E-state index contributed by atoms with van der Waals surface area (Å²) in [4.78, 5) is 27.5. The van der Waals surface area contributed by atoms with E-state index in [0.717, 1.165) is 17.5 Å². The normalized spacial score (nSPS) is 15.3. The molecular formula is C18H21N3O2. The number of amides is 2. The lowest BCUT2D eigenvalue weighted by Crippen LogP contribution is -2.36. The Labute approximate surface area is 136 Å². The largest absolute Gasteiger partial charge is 0.340 e. The number of carbonyl (C=O) groups excluding carboxylic acids is 2. The molecule has 0 aliphatic carbocycles. The maximum atomic E-state index is 12.3. The summed E-state index contributed by atoms with van der Waals surface area (Å²) in [6.45, 7) is 4.25. The van der Waals surface area contributed by atoms with Crippen LogP contribution in [0.1, 0.15) is 24.0 Å². The van der Waals surface area contributed by atoms with Gasteiger partial charge in [0, 0.05) is 32.3 Å². The summed E-state index contributed by atoms with van der Waals surface area (Å²) in [5, 5.41) is 8.60. The van der Waals surface area contributed by atoms with Gasteiger partial charge in [-0.05, 0) is 25.0 Å². The molecule has 1 aliphatic heterocycles. The predicted molar refractivity (Wildman–Crippen MR) is 88.2 cm³/mol. The van der Waals surface area contributed by atoms with Gasteiger partial charge in [-0.25, -0.2) is 0 Å². The average Bonchev–Trinajstić information content (AvgIpc) is 2.79. The highest BCUT2D eigenvalue weighted by molar-refractivity contribution is 5.91. The first kappa shape index (κ1) is 16.8. The van der Waals surface area contributed by atoms with E-state index in [2.05, 4.69) is 0 Å². The highest BCUT2D eigenvalue weighted by Gasteiger charge is 2.20. The topological polar surface area (TPSA) is 64.4 Å². The maximum Gasteiger partial charge on any atom is 0.246 e. The summed E-state index contributed by atoms with van der Waals surface area (Å²) in [5.41, 5.74) is 2.15. The molecule has 5 heteroatoms. The van der Waals surface area contributed by atoms with Crippen LogP contribution in [-0.2, 0) is 9.59 Å². The third kappa shape index (κ3) is 4.96. The van der Waals surface area contributed by atoms with Gasteiger partial charge >= 0.3 is 0 Å². The van der Waals surface area contributed by atoms with E-state index >= 15 is 0 Å². The zero-order chi connectivity index (χ0) is 16.7. The molecule has 2 rings (SSSR count). The van der Waals surface area contributed by atoms with Crippen molar-refractivity contribution in [2.75, 3.05) is 26.2 Å². The molecule has 1 fully saturated rings. The lowest BCUT2D eigenvalue weighted by atomic mass is 10.1. The van der Waals surface area contributed by atoms with Gasteiger partial charge in [0.15, 0.2) is 0 Å². The van der Waals surface area contributed by atoms with E-state index in [1.54, 1.807) is 15.9 Å². The third-order valence-electron chi connectivity index (χ3n) is 3.85. The summed E-state index contributed by atoms with van der Waals surface area (Å²) in [6.07, 6.45) is 4.04. The first-order chi connectivity index (χ1) is 11.1. The van der Waals surface area contributed by atoms with Gasteiger partial charge in [-0.3, -0.25) is 9.59 Å². The fourth-order valence-corrected chi connectivity index (χ4v) is 2.61. The van der Waals surface area contributed by atoms with Crippen LogP contribution in [0.2, 0.25) is 0 Å². The Balaban J connectivity index is 1.93. The van der Waals surface area contributed by atoms with Gasteiger partial charge in [-0.1, -0.05) is 29.8 Å². The first-order valence-electron chi connectivity index (χ1n) is 7.78. The molecule has 23 heavy (non-hydrogen) atoms. The monoisotopic (exact) mass is 311 g/mol. The molecule has 5 nitrogen and oxygen atoms in total. The first-order valence-corrected chi connectivity index (χ1v) is 7.78. The van der Waals surface area contributed by atoms with E-state index in [4.69, 9.17) is 5.26 Å². The van der Waals surface area contributed by atoms with E-state index in [1.165, 1.54) is 0 Å². The Morgan fingerprint density at radius 1 is 1.22 bits per heavy atom. The summed E-state index contributed by atoms with van der Waals surface area (Å²) >= 11 is 0. The second kappa shape index (κ2) is 8.14. The minimum Gasteiger partial charge on any atom is -0.340 e. The van der Waals surface area contributed by atoms with Crippen molar-refractivity contribution in [3.63, 3.8) is 0 Å². The number of aryl methyl sites for hydroxylation is 1. The van der Waals surface area contributed by atoms with Gasteiger partial charge in [0.2, 0.25) is 11.8 Å². The highest BCUT2D eigenvalue weighted by Crippen LogP contribution is 2.09. The maximum absolute atomic E-state index is 12.3. The zero-order valence-corrected chi connectivity index (χ0v) is 13.4. The van der Waals surface area contributed by atoms with Crippen LogP contribution < -0.4 is 0 Å². The van der Waals surface area contributed by atoms with Crippen molar-refractivity contribution in [3.05, 3.63) is 41.5 Å². The summed E-state index contributed by atoms with van der Waals surface area (Å²) < 4.78 is 0. The number of nitriles is 1. The number of benzene rings is 1. The van der Waals surface area contributed by atoms with Crippen molar-refractivity contribution in [1.82, 2.24) is 9.80 Å². The van der Waals surface area contributed by atoms with Crippen molar-refractivity contribution in [2.45, 2.75) is 19.8 Å². The van der Waals surface area contributed by atoms with Crippen LogP contribution in [0, 0.1) is 18.3 Å². The van der Waals surface area contributed by atoms with Crippen LogP contribution >= 0.6 is 0 Å². The number of rotatable bonds is 3. The van der Waals surface area contributed by atoms with Crippen LogP contribution in [0.3, 0.4) is 0 Å². The number of carbonyl (C=O) groups is 2. The van der Waals surface area contributed by atoms with E-state index < -0.39 is 0 Å². The van der Waals surface area contributed by atoms with Crippen molar-refractivity contribution < 1.29 is 9.59 Å². The van der Waals surface area contributed by atoms with Gasteiger partial charge < -0.3 is 9.80 Å². The standard InChI is InChI=1S/C18H21N3O2/c1-15-4-2-5-16(14-15)6-7-17(22)20-10-3-11-21(13-12-20)18(23)8-9-19/h2,4-7,14H,3,8,10-13H2,1H3/b7-6+. The second-order valence-electron chi connectivity index (χ2n) is 5.64. The van der Waals surface area contributed by atoms with Gasteiger partial charge in [-0.15, -0.1) is 0 Å². The Morgan fingerprint density at radius 3 is 2.70 bits per heavy atom. The third-order valence-corrected chi connectivity index (χ3v) is 3.85. The fraction of sp³-hybridized carbons (Fsp3) is 0.389. The number of hydrogen-bond donors (Lipinski definition) is 0. The molecule has 120 valence electrons. The highest BCUT2D eigenvalue weighted by atomic mass is 16.2. The quantitative estimate of drug-likeness (QED) is 0.802. The van der Waals surface area contributed by atoms with Gasteiger partial charge in [-0.2, -0.15) is 5.26 Å². The lowest BCUT2D eigenvalue weighted by Gasteiger charge is -2.20. The SMILES string of the molecule is Cc1cccc(/C=C/C(=O)N2CCCN(C(=O)CC#N)CC2)c1. The predicted octanol–water partition coefficient (Wildman–Crippen LogP) is 1.98. The summed E-state index contributed by atoms with van der Waals surface area (Å²) in [5.74, 6) is -0.196. The minimum atomic E-state index is -0.155. The van der Waals surface area contributed by atoms with Gasteiger partial charge in [0.05, 0.1) is 6.07 Å². The molecular weight excluding hydrogens is 290 g/mol. The number of nitrogens with zero attached hydrogens (tertiary/aromatic N) is 3. The van der Waals surface area contributed by atoms with Crippen molar-refractivity contribution in [1.29, 1.82) is 5.26 Å². The Bertz CT molecular complexity index is 646. The lowest BCUT2D eigenvalue weighted by molar-refractivity contribution is -0.131. The smallest absolute Gasteiger partial charge is 0.246 e. The van der Waals surface area contributed by atoms with Gasteiger partial charge in [0.1, 0.15) is 6.42 Å². The van der Waals surface area contributed by atoms with E-state index in [9.17, 15) is 9.59 Å². The molecule has 1 aromatic rings. The molecule has 0 spiro atoms. The van der Waals surface area contributed by atoms with Crippen LogP contribution in [0.25, 0.3) is 6.08 Å². The molecule has 0 saturated carbocycles. The van der Waals surface area contributed by atoms with Crippen LogP contribution in [0.4, 0.5) is 0 Å². The molecule has 0 N–H and O–H groups in total. The molecule has 1 aliphatic rings. The van der Waals surface area contributed by atoms with Crippen LogP contribution in [-0.4, -0.2) is 47.8 Å².